The van der Waals surface area contributed by atoms with Crippen molar-refractivity contribution in [2.24, 2.45) is 5.92 Å². The molecule has 0 spiro atoms. The van der Waals surface area contributed by atoms with Gasteiger partial charge in [-0.3, -0.25) is 14.0 Å². The number of benzene rings is 1. The van der Waals surface area contributed by atoms with Gasteiger partial charge in [0, 0.05) is 54.6 Å². The Bertz CT molecular complexity index is 1560. The maximum atomic E-state index is 13.0. The number of piperidine rings is 1. The molecule has 208 valence electrons. The van der Waals surface area contributed by atoms with Gasteiger partial charge in [-0.1, -0.05) is 26.0 Å². The number of carbonyl (C=O) groups is 2. The van der Waals surface area contributed by atoms with E-state index in [1.807, 2.05) is 23.1 Å². The lowest BCUT2D eigenvalue weighted by Gasteiger charge is -2.33. The number of nitrogens with two attached hydrogens (primary N) is 1. The van der Waals surface area contributed by atoms with E-state index in [0.29, 0.717) is 35.7 Å². The number of nitrogens with one attached hydrogen (secondary N) is 1. The summed E-state index contributed by atoms with van der Waals surface area (Å²) in [6.45, 7) is 5.05. The quantitative estimate of drug-likeness (QED) is 0.360. The molecule has 1 aromatic carbocycles. The number of halogens is 3. The normalized spacial score (nSPS) is 15.9. The van der Waals surface area contributed by atoms with Crippen LogP contribution in [-0.2, 0) is 11.0 Å². The van der Waals surface area contributed by atoms with Crippen molar-refractivity contribution in [2.75, 3.05) is 24.1 Å². The minimum Gasteiger partial charge on any atom is -0.382 e. The number of pyridine rings is 1. The number of likely N-dealkylation sites (tertiary alicyclic amines) is 1. The van der Waals surface area contributed by atoms with E-state index in [1.54, 1.807) is 36.7 Å². The molecule has 1 unspecified atom stereocenters. The molecule has 1 fully saturated rings. The second kappa shape index (κ2) is 10.6. The minimum absolute atomic E-state index is 0.00418. The number of hydrogen-bond donors (Lipinski definition) is 2. The summed E-state index contributed by atoms with van der Waals surface area (Å²) in [7, 11) is 0. The predicted octanol–water partition coefficient (Wildman–Crippen LogP) is 5.01. The van der Waals surface area contributed by atoms with Gasteiger partial charge in [-0.25, -0.2) is 15.0 Å². The average Bonchev–Trinajstić information content (AvgIpc) is 3.33. The van der Waals surface area contributed by atoms with E-state index in [-0.39, 0.29) is 29.1 Å². The molecule has 1 atom stereocenters. The van der Waals surface area contributed by atoms with Gasteiger partial charge >= 0.3 is 6.18 Å². The second-order valence-corrected chi connectivity index (χ2v) is 10.1. The first kappa shape index (κ1) is 27.1. The van der Waals surface area contributed by atoms with E-state index < -0.39 is 17.6 Å². The Morgan fingerprint density at radius 2 is 1.85 bits per heavy atom. The van der Waals surface area contributed by atoms with E-state index >= 15 is 0 Å². The molecule has 0 bridgehead atoms. The van der Waals surface area contributed by atoms with Crippen molar-refractivity contribution in [1.82, 2.24) is 24.3 Å². The number of fused-ring (bicyclic) bond motifs is 1. The number of anilines is 2. The molecule has 5 rings (SSSR count). The van der Waals surface area contributed by atoms with Crippen molar-refractivity contribution in [3.8, 4) is 11.3 Å². The van der Waals surface area contributed by atoms with Gasteiger partial charge in [-0.05, 0) is 37.1 Å². The fraction of sp³-hybridized carbons (Fsp3) is 0.321. The second-order valence-electron chi connectivity index (χ2n) is 10.1. The Morgan fingerprint density at radius 3 is 2.55 bits per heavy atom. The summed E-state index contributed by atoms with van der Waals surface area (Å²) in [5.41, 5.74) is 7.48. The van der Waals surface area contributed by atoms with Gasteiger partial charge in [0.2, 0.25) is 5.91 Å². The van der Waals surface area contributed by atoms with Crippen LogP contribution in [0.25, 0.3) is 16.8 Å². The molecule has 4 heterocycles. The van der Waals surface area contributed by atoms with Crippen LogP contribution in [0.3, 0.4) is 0 Å². The molecule has 1 aliphatic rings. The van der Waals surface area contributed by atoms with E-state index in [4.69, 9.17) is 10.7 Å². The highest BCUT2D eigenvalue weighted by Gasteiger charge is 2.31. The minimum atomic E-state index is -4.55. The van der Waals surface area contributed by atoms with E-state index in [2.05, 4.69) is 15.3 Å². The lowest BCUT2D eigenvalue weighted by molar-refractivity contribution is -0.137. The molecule has 1 aliphatic heterocycles. The fourth-order valence-corrected chi connectivity index (χ4v) is 4.97. The van der Waals surface area contributed by atoms with Crippen molar-refractivity contribution in [1.29, 1.82) is 0 Å². The number of nitrogen functional groups attached to an aromatic ring is 1. The zero-order valence-electron chi connectivity index (χ0n) is 21.9. The van der Waals surface area contributed by atoms with E-state index in [0.717, 1.165) is 37.0 Å². The van der Waals surface area contributed by atoms with Gasteiger partial charge in [0.25, 0.3) is 5.91 Å². The van der Waals surface area contributed by atoms with Crippen LogP contribution in [0.15, 0.2) is 55.0 Å². The highest BCUT2D eigenvalue weighted by atomic mass is 19.4. The molecule has 3 aromatic heterocycles. The summed E-state index contributed by atoms with van der Waals surface area (Å²) in [6, 6.07) is 8.12. The Morgan fingerprint density at radius 1 is 1.10 bits per heavy atom. The molecule has 0 aliphatic carbocycles. The smallest absolute Gasteiger partial charge is 0.382 e. The molecule has 9 nitrogen and oxygen atoms in total. The zero-order chi connectivity index (χ0) is 28.6. The number of amides is 2. The van der Waals surface area contributed by atoms with Crippen LogP contribution in [0, 0.1) is 5.92 Å². The molecular weight excluding hydrogens is 523 g/mol. The van der Waals surface area contributed by atoms with Crippen molar-refractivity contribution in [3.05, 3.63) is 71.9 Å². The third-order valence-electron chi connectivity index (χ3n) is 6.95. The van der Waals surface area contributed by atoms with Gasteiger partial charge in [0.05, 0.1) is 5.56 Å². The van der Waals surface area contributed by atoms with Crippen LogP contribution < -0.4 is 11.1 Å². The van der Waals surface area contributed by atoms with Gasteiger partial charge in [-0.15, -0.1) is 0 Å². The number of rotatable bonds is 5. The first-order chi connectivity index (χ1) is 19.0. The maximum Gasteiger partial charge on any atom is 0.416 e. The summed E-state index contributed by atoms with van der Waals surface area (Å²) in [4.78, 5) is 40.3. The molecule has 3 N–H and O–H groups in total. The predicted molar refractivity (Wildman–Crippen MR) is 143 cm³/mol. The maximum absolute atomic E-state index is 13.0. The summed E-state index contributed by atoms with van der Waals surface area (Å²) in [6.07, 6.45) is 1.57. The number of hydrogen-bond acceptors (Lipinski definition) is 6. The molecule has 0 radical (unpaired) electrons. The first-order valence-corrected chi connectivity index (χ1v) is 12.9. The van der Waals surface area contributed by atoms with Crippen molar-refractivity contribution in [3.63, 3.8) is 0 Å². The summed E-state index contributed by atoms with van der Waals surface area (Å²) < 4.78 is 40.9. The van der Waals surface area contributed by atoms with Crippen molar-refractivity contribution in [2.45, 2.75) is 38.8 Å². The third-order valence-corrected chi connectivity index (χ3v) is 6.95. The van der Waals surface area contributed by atoms with Gasteiger partial charge < -0.3 is 16.0 Å². The Kier molecular flexibility index (Phi) is 7.17. The van der Waals surface area contributed by atoms with Crippen molar-refractivity contribution >= 4 is 29.0 Å². The molecular formula is C28H28F3N7O2. The third kappa shape index (κ3) is 5.33. The molecule has 1 saturated heterocycles. The molecule has 40 heavy (non-hydrogen) atoms. The van der Waals surface area contributed by atoms with E-state index in [9.17, 15) is 22.8 Å². The van der Waals surface area contributed by atoms with Crippen LogP contribution in [0.5, 0.6) is 0 Å². The van der Waals surface area contributed by atoms with Crippen LogP contribution in [0.1, 0.15) is 54.4 Å². The number of alkyl halides is 3. The van der Waals surface area contributed by atoms with Crippen LogP contribution in [0.2, 0.25) is 0 Å². The Labute approximate surface area is 228 Å². The van der Waals surface area contributed by atoms with Crippen LogP contribution in [-0.4, -0.2) is 49.2 Å². The Balaban J connectivity index is 1.42. The lowest BCUT2D eigenvalue weighted by Crippen LogP contribution is -2.41. The number of nitrogens with zero attached hydrogens (tertiary/aromatic N) is 5. The van der Waals surface area contributed by atoms with E-state index in [1.165, 1.54) is 0 Å². The first-order valence-electron chi connectivity index (χ1n) is 12.9. The summed E-state index contributed by atoms with van der Waals surface area (Å²) >= 11 is 0. The molecule has 12 heteroatoms. The molecule has 0 saturated carbocycles. The Hall–Kier alpha value is -4.48. The molecule has 2 amide bonds. The average molecular weight is 552 g/mol. The van der Waals surface area contributed by atoms with Gasteiger partial charge in [-0.2, -0.15) is 13.2 Å². The highest BCUT2D eigenvalue weighted by molar-refractivity contribution is 6.04. The molecule has 4 aromatic rings. The lowest BCUT2D eigenvalue weighted by atomic mass is 9.96. The number of aromatic nitrogens is 4. The SMILES string of the molecule is CC(C)C(=O)N1CCCC(c2nc(-c3ccc(C(=O)Nc4cc(C(F)(F)F)ccn4)cc3)c3c(N)nccn23)C1. The monoisotopic (exact) mass is 551 g/mol. The number of imidazole rings is 1. The van der Waals surface area contributed by atoms with Crippen LogP contribution in [0.4, 0.5) is 24.8 Å². The highest BCUT2D eigenvalue weighted by Crippen LogP contribution is 2.34. The van der Waals surface area contributed by atoms with Gasteiger partial charge in [0.1, 0.15) is 28.7 Å². The van der Waals surface area contributed by atoms with Crippen LogP contribution >= 0.6 is 0 Å². The summed E-state index contributed by atoms with van der Waals surface area (Å²) in [5, 5.41) is 2.40. The largest absolute Gasteiger partial charge is 0.416 e. The zero-order valence-corrected chi connectivity index (χ0v) is 21.9. The van der Waals surface area contributed by atoms with Crippen molar-refractivity contribution < 1.29 is 22.8 Å². The number of carbonyl (C=O) groups excluding carboxylic acids is 2. The standard InChI is InChI=1S/C28H28F3N7O2/c1-16(2)27(40)37-12-3-4-19(15-37)25-36-22(23-24(32)34-11-13-38(23)25)17-5-7-18(8-6-17)26(39)35-21-14-20(9-10-33-21)28(29,30)31/h5-11,13-14,16,19H,3-4,12,15H2,1-2H3,(H2,32,34)(H,33,35,39). The topological polar surface area (TPSA) is 119 Å². The fourth-order valence-electron chi connectivity index (χ4n) is 4.97. The van der Waals surface area contributed by atoms with Gasteiger partial charge in [0.15, 0.2) is 0 Å². The summed E-state index contributed by atoms with van der Waals surface area (Å²) in [5.74, 6) is 0.284.